The second kappa shape index (κ2) is 22.9. The Morgan fingerprint density at radius 1 is 0.638 bits per heavy atom. The SMILES string of the molecule is CC(C)C[C@H](NC(=O)[C@H](CCC(=O)O)NC(=O)[C@@H](N)CCC(=O)O)C(=O)N[C@@H](CCCN=C(N)N)C(=O)N[C@@H](CCCCN)C(=O)O. The molecule has 0 saturated heterocycles. The van der Waals surface area contributed by atoms with Crippen LogP contribution in [0.3, 0.4) is 0 Å². The van der Waals surface area contributed by atoms with Gasteiger partial charge in [0.1, 0.15) is 24.2 Å². The molecule has 0 radical (unpaired) electrons. The molecule has 0 rings (SSSR count). The molecule has 0 saturated carbocycles. The highest BCUT2D eigenvalue weighted by Gasteiger charge is 2.32. The van der Waals surface area contributed by atoms with Gasteiger partial charge in [0, 0.05) is 19.4 Å². The first-order chi connectivity index (χ1) is 22.0. The molecular formula is C28H51N9O10. The van der Waals surface area contributed by atoms with Crippen LogP contribution < -0.4 is 44.2 Å². The summed E-state index contributed by atoms with van der Waals surface area (Å²) in [4.78, 5) is 90.3. The number of nitrogens with zero attached hydrogens (tertiary/aromatic N) is 1. The minimum Gasteiger partial charge on any atom is -0.481 e. The van der Waals surface area contributed by atoms with Gasteiger partial charge in [-0.05, 0) is 63.8 Å². The minimum absolute atomic E-state index is 0.00262. The van der Waals surface area contributed by atoms with Crippen molar-refractivity contribution in [3.05, 3.63) is 0 Å². The Balaban J connectivity index is 6.02. The van der Waals surface area contributed by atoms with E-state index in [1.165, 1.54) is 0 Å². The average Bonchev–Trinajstić information content (AvgIpc) is 2.97. The fourth-order valence-corrected chi connectivity index (χ4v) is 4.27. The van der Waals surface area contributed by atoms with E-state index in [4.69, 9.17) is 33.1 Å². The molecule has 47 heavy (non-hydrogen) atoms. The molecule has 0 aromatic carbocycles. The molecule has 0 heterocycles. The first-order valence-electron chi connectivity index (χ1n) is 15.4. The number of hydrogen-bond acceptors (Lipinski definition) is 10. The molecule has 0 bridgehead atoms. The van der Waals surface area contributed by atoms with Gasteiger partial charge in [0.2, 0.25) is 23.6 Å². The van der Waals surface area contributed by atoms with Crippen LogP contribution in [-0.2, 0) is 33.6 Å². The maximum absolute atomic E-state index is 13.5. The minimum atomic E-state index is -1.44. The average molecular weight is 674 g/mol. The van der Waals surface area contributed by atoms with Gasteiger partial charge in [0.15, 0.2) is 5.96 Å². The fraction of sp³-hybridized carbons (Fsp3) is 0.714. The number of carbonyl (C=O) groups excluding carboxylic acids is 4. The van der Waals surface area contributed by atoms with Crippen molar-refractivity contribution in [3.63, 3.8) is 0 Å². The predicted molar refractivity (Wildman–Crippen MR) is 169 cm³/mol. The van der Waals surface area contributed by atoms with Crippen molar-refractivity contribution in [1.29, 1.82) is 0 Å². The Bertz CT molecular complexity index is 1100. The Labute approximate surface area is 273 Å². The number of unbranched alkanes of at least 4 members (excludes halogenated alkanes) is 1. The summed E-state index contributed by atoms with van der Waals surface area (Å²) < 4.78 is 0. The van der Waals surface area contributed by atoms with Crippen LogP contribution in [0.15, 0.2) is 4.99 Å². The lowest BCUT2D eigenvalue weighted by Crippen LogP contribution is -2.58. The van der Waals surface area contributed by atoms with Crippen molar-refractivity contribution in [2.45, 2.75) is 108 Å². The molecule has 15 N–H and O–H groups in total. The Hall–Kier alpha value is -4.52. The van der Waals surface area contributed by atoms with Gasteiger partial charge < -0.3 is 59.5 Å². The number of hydrogen-bond donors (Lipinski definition) is 11. The summed E-state index contributed by atoms with van der Waals surface area (Å²) in [6.07, 6.45) is -0.210. The van der Waals surface area contributed by atoms with Crippen molar-refractivity contribution >= 4 is 47.5 Å². The third-order valence-electron chi connectivity index (χ3n) is 6.77. The monoisotopic (exact) mass is 673 g/mol. The summed E-state index contributed by atoms with van der Waals surface area (Å²) in [5.74, 6) is -7.48. The number of aliphatic imine (C=N–C) groups is 1. The molecule has 0 fully saturated rings. The van der Waals surface area contributed by atoms with E-state index in [9.17, 15) is 38.7 Å². The topological polar surface area (TPSA) is 345 Å². The van der Waals surface area contributed by atoms with Crippen LogP contribution in [0, 0.1) is 5.92 Å². The van der Waals surface area contributed by atoms with E-state index in [2.05, 4.69) is 26.3 Å². The standard InChI is InChI=1S/C28H51N9O10/c1-15(2)14-20(37-25(44)18(9-11-22(40)41)34-23(42)16(30)8-10-21(38)39)26(45)35-17(7-5-13-33-28(31)32)24(43)36-19(27(46)47)6-3-4-12-29/h15-20H,3-14,29-30H2,1-2H3,(H,34,42)(H,35,45)(H,36,43)(H,37,44)(H,38,39)(H,40,41)(H,46,47)(H4,31,32,33)/t16-,17-,18-,19-,20-/m0/s1. The number of nitrogens with one attached hydrogen (secondary N) is 4. The van der Waals surface area contributed by atoms with Gasteiger partial charge in [0.25, 0.3) is 0 Å². The van der Waals surface area contributed by atoms with Gasteiger partial charge in [-0.3, -0.25) is 33.8 Å². The smallest absolute Gasteiger partial charge is 0.326 e. The summed E-state index contributed by atoms with van der Waals surface area (Å²) >= 11 is 0. The molecule has 0 aliphatic carbocycles. The molecular weight excluding hydrogens is 622 g/mol. The molecule has 0 unspecified atom stereocenters. The van der Waals surface area contributed by atoms with Crippen LogP contribution in [-0.4, -0.2) is 106 Å². The summed E-state index contributed by atoms with van der Waals surface area (Å²) in [6, 6.07) is -6.52. The molecule has 4 amide bonds. The Morgan fingerprint density at radius 3 is 1.62 bits per heavy atom. The first-order valence-corrected chi connectivity index (χ1v) is 15.4. The molecule has 0 aliphatic heterocycles. The van der Waals surface area contributed by atoms with Crippen molar-refractivity contribution in [2.75, 3.05) is 13.1 Å². The number of carboxylic acid groups (broad SMARTS) is 3. The number of nitrogens with two attached hydrogens (primary N) is 4. The zero-order chi connectivity index (χ0) is 36.1. The van der Waals surface area contributed by atoms with Crippen LogP contribution in [0.5, 0.6) is 0 Å². The molecule has 5 atom stereocenters. The summed E-state index contributed by atoms with van der Waals surface area (Å²) in [6.45, 7) is 3.96. The van der Waals surface area contributed by atoms with Gasteiger partial charge in [-0.1, -0.05) is 13.8 Å². The number of carboxylic acids is 3. The van der Waals surface area contributed by atoms with Crippen LogP contribution in [0.1, 0.15) is 78.1 Å². The molecule has 0 spiro atoms. The quantitative estimate of drug-likeness (QED) is 0.0267. The zero-order valence-electron chi connectivity index (χ0n) is 26.9. The molecule has 0 aromatic rings. The highest BCUT2D eigenvalue weighted by atomic mass is 16.4. The molecule has 19 nitrogen and oxygen atoms in total. The molecule has 19 heteroatoms. The van der Waals surface area contributed by atoms with E-state index in [-0.39, 0.29) is 56.9 Å². The summed E-state index contributed by atoms with van der Waals surface area (Å²) in [7, 11) is 0. The summed E-state index contributed by atoms with van der Waals surface area (Å²) in [5, 5.41) is 37.4. The largest absolute Gasteiger partial charge is 0.481 e. The van der Waals surface area contributed by atoms with Crippen LogP contribution in [0.2, 0.25) is 0 Å². The predicted octanol–water partition coefficient (Wildman–Crippen LogP) is -2.70. The second-order valence-electron chi connectivity index (χ2n) is 11.4. The number of guanidine groups is 1. The second-order valence-corrected chi connectivity index (χ2v) is 11.4. The Kier molecular flexibility index (Phi) is 20.7. The third kappa shape index (κ3) is 19.6. The maximum atomic E-state index is 13.5. The van der Waals surface area contributed by atoms with E-state index in [1.54, 1.807) is 13.8 Å². The van der Waals surface area contributed by atoms with Crippen molar-refractivity contribution in [2.24, 2.45) is 33.8 Å². The van der Waals surface area contributed by atoms with E-state index >= 15 is 0 Å². The highest BCUT2D eigenvalue weighted by molar-refractivity contribution is 5.95. The van der Waals surface area contributed by atoms with Gasteiger partial charge in [-0.2, -0.15) is 0 Å². The lowest BCUT2D eigenvalue weighted by atomic mass is 10.0. The van der Waals surface area contributed by atoms with E-state index in [0.29, 0.717) is 19.4 Å². The third-order valence-corrected chi connectivity index (χ3v) is 6.77. The highest BCUT2D eigenvalue weighted by Crippen LogP contribution is 2.10. The van der Waals surface area contributed by atoms with Crippen molar-refractivity contribution < 1.29 is 48.9 Å². The van der Waals surface area contributed by atoms with Gasteiger partial charge in [-0.25, -0.2) is 4.79 Å². The zero-order valence-corrected chi connectivity index (χ0v) is 26.9. The lowest BCUT2D eigenvalue weighted by molar-refractivity contribution is -0.142. The number of rotatable bonds is 25. The number of aliphatic carboxylic acids is 3. The van der Waals surface area contributed by atoms with E-state index < -0.39 is 84.6 Å². The number of amides is 4. The maximum Gasteiger partial charge on any atom is 0.326 e. The molecule has 0 aliphatic rings. The molecule has 0 aromatic heterocycles. The van der Waals surface area contributed by atoms with Crippen molar-refractivity contribution in [1.82, 2.24) is 21.3 Å². The van der Waals surface area contributed by atoms with Crippen molar-refractivity contribution in [3.8, 4) is 0 Å². The normalized spacial score (nSPS) is 14.1. The van der Waals surface area contributed by atoms with Gasteiger partial charge in [0.05, 0.1) is 6.04 Å². The summed E-state index contributed by atoms with van der Waals surface area (Å²) in [5.41, 5.74) is 21.9. The Morgan fingerprint density at radius 2 is 1.11 bits per heavy atom. The van der Waals surface area contributed by atoms with Gasteiger partial charge >= 0.3 is 17.9 Å². The first kappa shape index (κ1) is 42.5. The fourth-order valence-electron chi connectivity index (χ4n) is 4.27. The number of carbonyl (C=O) groups is 7. The lowest BCUT2D eigenvalue weighted by Gasteiger charge is -2.27. The van der Waals surface area contributed by atoms with Crippen LogP contribution >= 0.6 is 0 Å². The van der Waals surface area contributed by atoms with Gasteiger partial charge in [-0.15, -0.1) is 0 Å². The van der Waals surface area contributed by atoms with E-state index in [0.717, 1.165) is 0 Å². The molecule has 268 valence electrons. The van der Waals surface area contributed by atoms with Crippen LogP contribution in [0.25, 0.3) is 0 Å². The van der Waals surface area contributed by atoms with E-state index in [1.807, 2.05) is 0 Å². The van der Waals surface area contributed by atoms with Crippen LogP contribution in [0.4, 0.5) is 0 Å².